The number of rotatable bonds is 5. The first-order valence-corrected chi connectivity index (χ1v) is 8.07. The number of pyridine rings is 1. The second-order valence-electron chi connectivity index (χ2n) is 5.81. The Morgan fingerprint density at radius 1 is 1.15 bits per heavy atom. The Balaban J connectivity index is 1.57. The average molecular weight is 352 g/mol. The molecular weight excluding hydrogens is 335 g/mol. The Morgan fingerprint density at radius 2 is 2.00 bits per heavy atom. The Morgan fingerprint density at radius 3 is 2.81 bits per heavy atom. The first-order valence-electron chi connectivity index (χ1n) is 8.07. The number of nitrogens with zero attached hydrogens (tertiary/aromatic N) is 1. The molecule has 0 bridgehead atoms. The van der Waals surface area contributed by atoms with Crippen LogP contribution in [0.3, 0.4) is 0 Å². The number of benzene rings is 2. The average Bonchev–Trinajstić information content (AvgIpc) is 2.66. The SMILES string of the molecule is Cc1ccc(CNC(=O)COC(=O)c2cccc3ncccc23)cc1F. The number of nitrogens with one attached hydrogen (secondary N) is 1. The highest BCUT2D eigenvalue weighted by atomic mass is 19.1. The van der Waals surface area contributed by atoms with E-state index in [-0.39, 0.29) is 12.4 Å². The zero-order chi connectivity index (χ0) is 18.5. The van der Waals surface area contributed by atoms with Crippen molar-refractivity contribution in [2.75, 3.05) is 6.61 Å². The van der Waals surface area contributed by atoms with Gasteiger partial charge in [0.15, 0.2) is 6.61 Å². The van der Waals surface area contributed by atoms with Gasteiger partial charge in [-0.1, -0.05) is 24.3 Å². The third-order valence-electron chi connectivity index (χ3n) is 3.93. The highest BCUT2D eigenvalue weighted by Gasteiger charge is 2.13. The van der Waals surface area contributed by atoms with E-state index in [1.165, 1.54) is 6.07 Å². The molecule has 0 atom stereocenters. The third kappa shape index (κ3) is 4.03. The lowest BCUT2D eigenvalue weighted by Gasteiger charge is -2.08. The molecule has 0 radical (unpaired) electrons. The molecule has 1 N–H and O–H groups in total. The van der Waals surface area contributed by atoms with Crippen LogP contribution < -0.4 is 5.32 Å². The molecule has 2 aromatic carbocycles. The van der Waals surface area contributed by atoms with Gasteiger partial charge in [0, 0.05) is 18.1 Å². The largest absolute Gasteiger partial charge is 0.452 e. The molecule has 0 unspecified atom stereocenters. The standard InChI is InChI=1S/C20H17FN2O3/c1-13-7-8-14(10-17(13)21)11-23-19(24)12-26-20(25)16-4-2-6-18-15(16)5-3-9-22-18/h2-10H,11-12H2,1H3,(H,23,24). The van der Waals surface area contributed by atoms with Crippen molar-refractivity contribution in [2.45, 2.75) is 13.5 Å². The summed E-state index contributed by atoms with van der Waals surface area (Å²) in [5, 5.41) is 3.26. The molecule has 3 rings (SSSR count). The fourth-order valence-corrected chi connectivity index (χ4v) is 2.49. The maximum Gasteiger partial charge on any atom is 0.339 e. The van der Waals surface area contributed by atoms with Crippen LogP contribution in [0.4, 0.5) is 4.39 Å². The smallest absolute Gasteiger partial charge is 0.339 e. The van der Waals surface area contributed by atoms with Gasteiger partial charge in [0.25, 0.3) is 5.91 Å². The fraction of sp³-hybridized carbons (Fsp3) is 0.150. The lowest BCUT2D eigenvalue weighted by atomic mass is 10.1. The Kier molecular flexibility index (Phi) is 5.22. The molecule has 3 aromatic rings. The fourth-order valence-electron chi connectivity index (χ4n) is 2.49. The van der Waals surface area contributed by atoms with Crippen molar-refractivity contribution in [1.29, 1.82) is 0 Å². The number of halogens is 1. The quantitative estimate of drug-likeness (QED) is 0.716. The summed E-state index contributed by atoms with van der Waals surface area (Å²) in [6.07, 6.45) is 1.64. The molecule has 1 heterocycles. The van der Waals surface area contributed by atoms with Gasteiger partial charge in [-0.25, -0.2) is 9.18 Å². The molecule has 1 aromatic heterocycles. The first kappa shape index (κ1) is 17.5. The van der Waals surface area contributed by atoms with Gasteiger partial charge in [-0.3, -0.25) is 9.78 Å². The summed E-state index contributed by atoms with van der Waals surface area (Å²) in [6.45, 7) is 1.41. The first-order chi connectivity index (χ1) is 12.5. The number of aryl methyl sites for hydroxylation is 1. The van der Waals surface area contributed by atoms with Crippen LogP contribution in [0.15, 0.2) is 54.7 Å². The zero-order valence-electron chi connectivity index (χ0n) is 14.2. The van der Waals surface area contributed by atoms with Crippen LogP contribution in [-0.2, 0) is 16.1 Å². The predicted molar refractivity (Wildman–Crippen MR) is 95.0 cm³/mol. The number of carbonyl (C=O) groups is 2. The van der Waals surface area contributed by atoms with Crippen LogP contribution in [0.25, 0.3) is 10.9 Å². The Hall–Kier alpha value is -3.28. The van der Waals surface area contributed by atoms with Crippen molar-refractivity contribution in [1.82, 2.24) is 10.3 Å². The van der Waals surface area contributed by atoms with Crippen molar-refractivity contribution < 1.29 is 18.7 Å². The highest BCUT2D eigenvalue weighted by Crippen LogP contribution is 2.17. The molecule has 26 heavy (non-hydrogen) atoms. The van der Waals surface area contributed by atoms with Crippen LogP contribution in [0.1, 0.15) is 21.5 Å². The van der Waals surface area contributed by atoms with E-state index in [9.17, 15) is 14.0 Å². The molecule has 0 aliphatic heterocycles. The summed E-state index contributed by atoms with van der Waals surface area (Å²) in [5.41, 5.74) is 2.20. The minimum Gasteiger partial charge on any atom is -0.452 e. The van der Waals surface area contributed by atoms with Crippen molar-refractivity contribution in [2.24, 2.45) is 0 Å². The lowest BCUT2D eigenvalue weighted by Crippen LogP contribution is -2.28. The van der Waals surface area contributed by atoms with E-state index in [1.807, 2.05) is 0 Å². The van der Waals surface area contributed by atoms with E-state index in [2.05, 4.69) is 10.3 Å². The van der Waals surface area contributed by atoms with Gasteiger partial charge in [-0.15, -0.1) is 0 Å². The van der Waals surface area contributed by atoms with Crippen LogP contribution in [0.5, 0.6) is 0 Å². The van der Waals surface area contributed by atoms with Crippen LogP contribution in [0, 0.1) is 12.7 Å². The van der Waals surface area contributed by atoms with E-state index in [0.717, 1.165) is 0 Å². The number of ether oxygens (including phenoxy) is 1. The molecule has 6 heteroatoms. The van der Waals surface area contributed by atoms with Crippen molar-refractivity contribution in [3.8, 4) is 0 Å². The van der Waals surface area contributed by atoms with E-state index in [4.69, 9.17) is 4.74 Å². The maximum atomic E-state index is 13.5. The zero-order valence-corrected chi connectivity index (χ0v) is 14.2. The Bertz CT molecular complexity index is 967. The number of carbonyl (C=O) groups excluding carboxylic acids is 2. The van der Waals surface area contributed by atoms with E-state index in [1.54, 1.807) is 55.6 Å². The number of hydrogen-bond donors (Lipinski definition) is 1. The second-order valence-corrected chi connectivity index (χ2v) is 5.81. The summed E-state index contributed by atoms with van der Waals surface area (Å²) in [5.74, 6) is -1.38. The number of esters is 1. The van der Waals surface area contributed by atoms with Gasteiger partial charge in [-0.05, 0) is 42.3 Å². The summed E-state index contributed by atoms with van der Waals surface area (Å²) >= 11 is 0. The summed E-state index contributed by atoms with van der Waals surface area (Å²) in [7, 11) is 0. The number of hydrogen-bond acceptors (Lipinski definition) is 4. The third-order valence-corrected chi connectivity index (χ3v) is 3.93. The topological polar surface area (TPSA) is 68.3 Å². The summed E-state index contributed by atoms with van der Waals surface area (Å²) < 4.78 is 18.6. The van der Waals surface area contributed by atoms with Gasteiger partial charge in [0.1, 0.15) is 5.82 Å². The summed E-state index contributed by atoms with van der Waals surface area (Å²) in [6, 6.07) is 13.4. The molecule has 0 saturated heterocycles. The van der Waals surface area contributed by atoms with E-state index in [0.29, 0.717) is 27.6 Å². The molecule has 0 aliphatic rings. The van der Waals surface area contributed by atoms with Gasteiger partial charge >= 0.3 is 5.97 Å². The molecule has 0 spiro atoms. The number of amides is 1. The Labute approximate surface area is 149 Å². The van der Waals surface area contributed by atoms with Crippen LogP contribution in [0.2, 0.25) is 0 Å². The van der Waals surface area contributed by atoms with E-state index < -0.39 is 18.5 Å². The van der Waals surface area contributed by atoms with Gasteiger partial charge in [-0.2, -0.15) is 0 Å². The minimum atomic E-state index is -0.597. The highest BCUT2D eigenvalue weighted by molar-refractivity contribution is 6.03. The predicted octanol–water partition coefficient (Wildman–Crippen LogP) is 3.16. The molecule has 0 saturated carbocycles. The molecule has 0 fully saturated rings. The van der Waals surface area contributed by atoms with Crippen molar-refractivity contribution >= 4 is 22.8 Å². The minimum absolute atomic E-state index is 0.159. The second kappa shape index (κ2) is 7.74. The van der Waals surface area contributed by atoms with Gasteiger partial charge < -0.3 is 10.1 Å². The monoisotopic (exact) mass is 352 g/mol. The van der Waals surface area contributed by atoms with E-state index >= 15 is 0 Å². The van der Waals surface area contributed by atoms with Gasteiger partial charge in [0.2, 0.25) is 0 Å². The molecule has 132 valence electrons. The maximum absolute atomic E-state index is 13.5. The van der Waals surface area contributed by atoms with Crippen LogP contribution >= 0.6 is 0 Å². The van der Waals surface area contributed by atoms with Crippen molar-refractivity contribution in [3.63, 3.8) is 0 Å². The molecule has 5 nitrogen and oxygen atoms in total. The molecule has 0 aliphatic carbocycles. The molecular formula is C20H17FN2O3. The number of fused-ring (bicyclic) bond motifs is 1. The normalized spacial score (nSPS) is 10.5. The van der Waals surface area contributed by atoms with Gasteiger partial charge in [0.05, 0.1) is 11.1 Å². The molecule has 1 amide bonds. The number of aromatic nitrogens is 1. The van der Waals surface area contributed by atoms with Crippen LogP contribution in [-0.4, -0.2) is 23.5 Å². The van der Waals surface area contributed by atoms with Crippen molar-refractivity contribution in [3.05, 3.63) is 77.2 Å². The lowest BCUT2D eigenvalue weighted by molar-refractivity contribution is -0.124. The summed E-state index contributed by atoms with van der Waals surface area (Å²) in [4.78, 5) is 28.3.